The highest BCUT2D eigenvalue weighted by atomic mass is 19.1. The maximum absolute atomic E-state index is 13.1. The zero-order valence-electron chi connectivity index (χ0n) is 17.7. The molecule has 0 aliphatic rings. The van der Waals surface area contributed by atoms with Gasteiger partial charge in [0.2, 0.25) is 0 Å². The van der Waals surface area contributed by atoms with E-state index in [9.17, 15) is 9.18 Å². The summed E-state index contributed by atoms with van der Waals surface area (Å²) in [5.74, 6) is -0.360. The van der Waals surface area contributed by atoms with Crippen LogP contribution in [-0.2, 0) is 6.54 Å². The van der Waals surface area contributed by atoms with Crippen molar-refractivity contribution in [3.8, 4) is 0 Å². The summed E-state index contributed by atoms with van der Waals surface area (Å²) in [7, 11) is 0. The first-order chi connectivity index (χ1) is 15.0. The van der Waals surface area contributed by atoms with Crippen molar-refractivity contribution in [2.75, 3.05) is 5.32 Å². The summed E-state index contributed by atoms with van der Waals surface area (Å²) in [6.07, 6.45) is 0. The Balaban J connectivity index is 1.50. The van der Waals surface area contributed by atoms with Crippen LogP contribution < -0.4 is 10.6 Å². The van der Waals surface area contributed by atoms with E-state index in [1.807, 2.05) is 50.2 Å². The number of hydrogen-bond donors (Lipinski definition) is 2. The molecule has 0 fully saturated rings. The lowest BCUT2D eigenvalue weighted by Gasteiger charge is -2.18. The van der Waals surface area contributed by atoms with Crippen molar-refractivity contribution in [3.05, 3.63) is 113 Å². The lowest BCUT2D eigenvalue weighted by Crippen LogP contribution is -2.27. The summed E-state index contributed by atoms with van der Waals surface area (Å²) in [4.78, 5) is 13.1. The van der Waals surface area contributed by atoms with Crippen molar-refractivity contribution in [2.45, 2.75) is 26.4 Å². The Hall–Kier alpha value is -3.66. The summed E-state index contributed by atoms with van der Waals surface area (Å²) in [5.41, 5.74) is 4.45. The van der Waals surface area contributed by atoms with Gasteiger partial charge in [-0.3, -0.25) is 4.79 Å². The van der Waals surface area contributed by atoms with E-state index in [0.717, 1.165) is 33.2 Å². The quantitative estimate of drug-likeness (QED) is 0.385. The van der Waals surface area contributed by atoms with E-state index in [4.69, 9.17) is 0 Å². The predicted molar refractivity (Wildman–Crippen MR) is 125 cm³/mol. The van der Waals surface area contributed by atoms with Crippen molar-refractivity contribution in [1.82, 2.24) is 5.32 Å². The molecule has 4 aromatic rings. The predicted octanol–water partition coefficient (Wildman–Crippen LogP) is 6.39. The number of nitrogens with one attached hydrogen (secondary N) is 2. The Bertz CT molecular complexity index is 1210. The third-order valence-corrected chi connectivity index (χ3v) is 5.53. The standard InChI is InChI=1S/C27H25FN2O/c1-18-10-15-23(29-17-20-11-13-22(28)14-12-20)16-26(18)27(31)30-19(2)24-9-5-7-21-6-3-4-8-25(21)24/h3-16,19,29H,17H2,1-2H3,(H,30,31)/t19-/m1/s1. The van der Waals surface area contributed by atoms with Crippen LogP contribution in [0.2, 0.25) is 0 Å². The smallest absolute Gasteiger partial charge is 0.252 e. The van der Waals surface area contributed by atoms with E-state index in [-0.39, 0.29) is 17.8 Å². The topological polar surface area (TPSA) is 41.1 Å². The molecule has 0 saturated carbocycles. The van der Waals surface area contributed by atoms with Gasteiger partial charge in [0.25, 0.3) is 5.91 Å². The van der Waals surface area contributed by atoms with Crippen molar-refractivity contribution in [2.24, 2.45) is 0 Å². The second-order valence-electron chi connectivity index (χ2n) is 7.77. The van der Waals surface area contributed by atoms with Gasteiger partial charge >= 0.3 is 0 Å². The highest BCUT2D eigenvalue weighted by Gasteiger charge is 2.15. The van der Waals surface area contributed by atoms with E-state index in [1.54, 1.807) is 12.1 Å². The minimum atomic E-state index is -0.252. The molecule has 31 heavy (non-hydrogen) atoms. The van der Waals surface area contributed by atoms with Gasteiger partial charge in [0.1, 0.15) is 5.82 Å². The second-order valence-corrected chi connectivity index (χ2v) is 7.77. The summed E-state index contributed by atoms with van der Waals surface area (Å²) < 4.78 is 13.1. The summed E-state index contributed by atoms with van der Waals surface area (Å²) >= 11 is 0. The van der Waals surface area contributed by atoms with Crippen LogP contribution >= 0.6 is 0 Å². The van der Waals surface area contributed by atoms with Crippen LogP contribution in [-0.4, -0.2) is 5.91 Å². The fraction of sp³-hybridized carbons (Fsp3) is 0.148. The third-order valence-electron chi connectivity index (χ3n) is 5.53. The van der Waals surface area contributed by atoms with Gasteiger partial charge in [0.15, 0.2) is 0 Å². The van der Waals surface area contributed by atoms with E-state index in [2.05, 4.69) is 34.9 Å². The number of carbonyl (C=O) groups excluding carboxylic acids is 1. The zero-order valence-corrected chi connectivity index (χ0v) is 17.7. The highest BCUT2D eigenvalue weighted by Crippen LogP contribution is 2.25. The van der Waals surface area contributed by atoms with Crippen molar-refractivity contribution >= 4 is 22.4 Å². The second kappa shape index (κ2) is 9.00. The van der Waals surface area contributed by atoms with Gasteiger partial charge in [-0.15, -0.1) is 0 Å². The molecule has 0 aliphatic carbocycles. The number of halogens is 1. The lowest BCUT2D eigenvalue weighted by atomic mass is 9.99. The first-order valence-electron chi connectivity index (χ1n) is 10.4. The Morgan fingerprint density at radius 1 is 0.935 bits per heavy atom. The largest absolute Gasteiger partial charge is 0.381 e. The van der Waals surface area contributed by atoms with Crippen LogP contribution in [0.5, 0.6) is 0 Å². The molecule has 0 bridgehead atoms. The molecular formula is C27H25FN2O. The molecule has 0 unspecified atom stereocenters. The summed E-state index contributed by atoms with van der Waals surface area (Å²) in [6, 6.07) is 26.3. The monoisotopic (exact) mass is 412 g/mol. The van der Waals surface area contributed by atoms with Gasteiger partial charge in [-0.25, -0.2) is 4.39 Å². The van der Waals surface area contributed by atoms with Gasteiger partial charge in [-0.2, -0.15) is 0 Å². The number of hydrogen-bond acceptors (Lipinski definition) is 2. The minimum Gasteiger partial charge on any atom is -0.381 e. The number of carbonyl (C=O) groups is 1. The molecule has 0 heterocycles. The van der Waals surface area contributed by atoms with Crippen LogP contribution in [0.25, 0.3) is 10.8 Å². The van der Waals surface area contributed by atoms with Crippen LogP contribution in [0.3, 0.4) is 0 Å². The number of fused-ring (bicyclic) bond motifs is 1. The molecular weight excluding hydrogens is 387 g/mol. The highest BCUT2D eigenvalue weighted by molar-refractivity contribution is 5.97. The Morgan fingerprint density at radius 2 is 1.68 bits per heavy atom. The number of rotatable bonds is 6. The molecule has 2 N–H and O–H groups in total. The van der Waals surface area contributed by atoms with E-state index in [1.165, 1.54) is 12.1 Å². The minimum absolute atomic E-state index is 0.108. The molecule has 1 atom stereocenters. The third kappa shape index (κ3) is 4.75. The molecule has 3 nitrogen and oxygen atoms in total. The fourth-order valence-corrected chi connectivity index (χ4v) is 3.76. The van der Waals surface area contributed by atoms with E-state index in [0.29, 0.717) is 12.1 Å². The van der Waals surface area contributed by atoms with E-state index < -0.39 is 0 Å². The first-order valence-corrected chi connectivity index (χ1v) is 10.4. The van der Waals surface area contributed by atoms with Gasteiger partial charge in [-0.1, -0.05) is 60.7 Å². The average Bonchev–Trinajstić information content (AvgIpc) is 2.79. The molecule has 0 saturated heterocycles. The molecule has 156 valence electrons. The Labute approximate surface area is 181 Å². The van der Waals surface area contributed by atoms with Crippen LogP contribution in [0, 0.1) is 12.7 Å². The number of amides is 1. The molecule has 1 amide bonds. The summed E-state index contributed by atoms with van der Waals surface area (Å²) in [5, 5.41) is 8.75. The van der Waals surface area contributed by atoms with Gasteiger partial charge in [0, 0.05) is 17.8 Å². The maximum atomic E-state index is 13.1. The summed E-state index contributed by atoms with van der Waals surface area (Å²) in [6.45, 7) is 4.49. The van der Waals surface area contributed by atoms with Crippen molar-refractivity contribution in [1.29, 1.82) is 0 Å². The molecule has 4 rings (SSSR count). The normalized spacial score (nSPS) is 11.8. The number of anilines is 1. The van der Waals surface area contributed by atoms with Crippen LogP contribution in [0.1, 0.15) is 40.0 Å². The lowest BCUT2D eigenvalue weighted by molar-refractivity contribution is 0.0939. The van der Waals surface area contributed by atoms with Gasteiger partial charge in [-0.05, 0) is 65.6 Å². The molecule has 4 heteroatoms. The Morgan fingerprint density at radius 3 is 2.48 bits per heavy atom. The average molecular weight is 413 g/mol. The molecule has 0 aromatic heterocycles. The maximum Gasteiger partial charge on any atom is 0.252 e. The zero-order chi connectivity index (χ0) is 21.8. The number of aryl methyl sites for hydroxylation is 1. The Kier molecular flexibility index (Phi) is 5.99. The fourth-order valence-electron chi connectivity index (χ4n) is 3.76. The first kappa shape index (κ1) is 20.6. The van der Waals surface area contributed by atoms with Crippen molar-refractivity contribution < 1.29 is 9.18 Å². The van der Waals surface area contributed by atoms with Gasteiger partial charge in [0.05, 0.1) is 6.04 Å². The van der Waals surface area contributed by atoms with Gasteiger partial charge < -0.3 is 10.6 Å². The molecule has 0 aliphatic heterocycles. The SMILES string of the molecule is Cc1ccc(NCc2ccc(F)cc2)cc1C(=O)N[C@H](C)c1cccc2ccccc12. The molecule has 0 spiro atoms. The number of benzene rings is 4. The molecule has 0 radical (unpaired) electrons. The molecule has 4 aromatic carbocycles. The van der Waals surface area contributed by atoms with Crippen LogP contribution in [0.15, 0.2) is 84.9 Å². The van der Waals surface area contributed by atoms with Crippen molar-refractivity contribution in [3.63, 3.8) is 0 Å². The van der Waals surface area contributed by atoms with Crippen LogP contribution in [0.4, 0.5) is 10.1 Å². The van der Waals surface area contributed by atoms with E-state index >= 15 is 0 Å².